The molecular formula is C19H17ClN2O4. The van der Waals surface area contributed by atoms with Gasteiger partial charge in [-0.1, -0.05) is 29.8 Å². The molecule has 1 heterocycles. The lowest BCUT2D eigenvalue weighted by Crippen LogP contribution is -2.28. The molecule has 0 spiro atoms. The van der Waals surface area contributed by atoms with Crippen molar-refractivity contribution >= 4 is 40.8 Å². The van der Waals surface area contributed by atoms with Crippen LogP contribution in [-0.4, -0.2) is 31.4 Å². The first-order chi connectivity index (χ1) is 12.5. The first-order valence-electron chi connectivity index (χ1n) is 8.03. The van der Waals surface area contributed by atoms with Crippen molar-refractivity contribution in [2.45, 2.75) is 6.42 Å². The zero-order valence-electron chi connectivity index (χ0n) is 14.1. The van der Waals surface area contributed by atoms with E-state index in [1.807, 2.05) is 30.3 Å². The maximum Gasteiger partial charge on any atom is 0.339 e. The van der Waals surface area contributed by atoms with E-state index in [-0.39, 0.29) is 28.8 Å². The molecule has 1 saturated heterocycles. The lowest BCUT2D eigenvalue weighted by atomic mass is 10.1. The number of hydrogen-bond donors (Lipinski definition) is 1. The number of carbonyl (C=O) groups excluding carboxylic acids is 3. The topological polar surface area (TPSA) is 75.7 Å². The molecule has 1 fully saturated rings. The van der Waals surface area contributed by atoms with E-state index in [4.69, 9.17) is 11.6 Å². The Morgan fingerprint density at radius 1 is 1.19 bits per heavy atom. The molecule has 2 aromatic carbocycles. The number of hydrogen-bond acceptors (Lipinski definition) is 4. The monoisotopic (exact) mass is 372 g/mol. The number of halogens is 1. The smallest absolute Gasteiger partial charge is 0.339 e. The molecule has 2 aromatic rings. The fraction of sp³-hybridized carbons (Fsp3) is 0.211. The molecular weight excluding hydrogens is 356 g/mol. The summed E-state index contributed by atoms with van der Waals surface area (Å²) in [6, 6.07) is 13.8. The van der Waals surface area contributed by atoms with Gasteiger partial charge in [0.1, 0.15) is 0 Å². The summed E-state index contributed by atoms with van der Waals surface area (Å²) < 4.78 is 4.67. The Hall–Kier alpha value is -2.86. The minimum atomic E-state index is -0.586. The van der Waals surface area contributed by atoms with Gasteiger partial charge in [0.25, 0.3) is 0 Å². The number of para-hydroxylation sites is 1. The molecule has 2 amide bonds. The van der Waals surface area contributed by atoms with E-state index in [1.165, 1.54) is 19.2 Å². The van der Waals surface area contributed by atoms with Gasteiger partial charge in [-0.3, -0.25) is 9.59 Å². The minimum Gasteiger partial charge on any atom is -0.465 e. The summed E-state index contributed by atoms with van der Waals surface area (Å²) in [5.74, 6) is -1.44. The van der Waals surface area contributed by atoms with Gasteiger partial charge in [-0.15, -0.1) is 0 Å². The number of anilines is 2. The average molecular weight is 373 g/mol. The zero-order chi connectivity index (χ0) is 18.7. The first-order valence-corrected chi connectivity index (χ1v) is 8.41. The van der Waals surface area contributed by atoms with Crippen LogP contribution >= 0.6 is 11.6 Å². The zero-order valence-corrected chi connectivity index (χ0v) is 14.8. The molecule has 0 bridgehead atoms. The van der Waals surface area contributed by atoms with Crippen LogP contribution < -0.4 is 10.2 Å². The van der Waals surface area contributed by atoms with Gasteiger partial charge < -0.3 is 15.0 Å². The molecule has 26 heavy (non-hydrogen) atoms. The highest BCUT2D eigenvalue weighted by Gasteiger charge is 2.35. The molecule has 1 N–H and O–H groups in total. The molecule has 1 atom stereocenters. The van der Waals surface area contributed by atoms with Crippen molar-refractivity contribution in [1.82, 2.24) is 0 Å². The molecule has 0 saturated carbocycles. The number of esters is 1. The highest BCUT2D eigenvalue weighted by Crippen LogP contribution is 2.27. The Kier molecular flexibility index (Phi) is 5.23. The molecule has 7 heteroatoms. The Morgan fingerprint density at radius 3 is 2.62 bits per heavy atom. The third kappa shape index (κ3) is 3.70. The van der Waals surface area contributed by atoms with Crippen LogP contribution in [0.15, 0.2) is 48.5 Å². The van der Waals surface area contributed by atoms with Crippen molar-refractivity contribution in [3.05, 3.63) is 59.1 Å². The summed E-state index contributed by atoms with van der Waals surface area (Å²) in [6.45, 7) is 0.312. The van der Waals surface area contributed by atoms with Gasteiger partial charge in [0, 0.05) is 24.3 Å². The molecule has 1 aliphatic rings. The number of ether oxygens (including phenoxy) is 1. The van der Waals surface area contributed by atoms with Gasteiger partial charge in [0.15, 0.2) is 0 Å². The molecule has 0 aliphatic carbocycles. The number of carbonyl (C=O) groups is 3. The van der Waals surface area contributed by atoms with Crippen LogP contribution in [0.1, 0.15) is 16.8 Å². The van der Waals surface area contributed by atoms with E-state index in [2.05, 4.69) is 10.1 Å². The standard InChI is InChI=1S/C19H17ClN2O4/c1-26-19(25)15-10-13(7-8-16(15)20)21-18(24)12-9-17(23)22(11-12)14-5-3-2-4-6-14/h2-8,10,12H,9,11H2,1H3,(H,21,24). The Balaban J connectivity index is 1.71. The summed E-state index contributed by atoms with van der Waals surface area (Å²) in [4.78, 5) is 38.1. The SMILES string of the molecule is COC(=O)c1cc(NC(=O)C2CC(=O)N(c3ccccc3)C2)ccc1Cl. The number of rotatable bonds is 4. The lowest BCUT2D eigenvalue weighted by molar-refractivity contribution is -0.122. The number of nitrogens with zero attached hydrogens (tertiary/aromatic N) is 1. The Labute approximate surface area is 155 Å². The van der Waals surface area contributed by atoms with Crippen molar-refractivity contribution in [2.75, 3.05) is 23.9 Å². The van der Waals surface area contributed by atoms with Gasteiger partial charge in [-0.2, -0.15) is 0 Å². The highest BCUT2D eigenvalue weighted by atomic mass is 35.5. The van der Waals surface area contributed by atoms with Gasteiger partial charge >= 0.3 is 5.97 Å². The lowest BCUT2D eigenvalue weighted by Gasteiger charge is -2.16. The fourth-order valence-electron chi connectivity index (χ4n) is 2.85. The number of benzene rings is 2. The van der Waals surface area contributed by atoms with Gasteiger partial charge in [-0.25, -0.2) is 4.79 Å². The summed E-state index contributed by atoms with van der Waals surface area (Å²) >= 11 is 5.97. The Morgan fingerprint density at radius 2 is 1.92 bits per heavy atom. The summed E-state index contributed by atoms with van der Waals surface area (Å²) in [7, 11) is 1.26. The molecule has 134 valence electrons. The van der Waals surface area contributed by atoms with Gasteiger partial charge in [0.05, 0.1) is 23.6 Å². The fourth-order valence-corrected chi connectivity index (χ4v) is 3.05. The largest absolute Gasteiger partial charge is 0.465 e. The van der Waals surface area contributed by atoms with Crippen LogP contribution in [0.5, 0.6) is 0 Å². The third-order valence-electron chi connectivity index (χ3n) is 4.20. The molecule has 0 aromatic heterocycles. The summed E-state index contributed by atoms with van der Waals surface area (Å²) in [6.07, 6.45) is 0.137. The molecule has 1 aliphatic heterocycles. The van der Waals surface area contributed by atoms with Crippen molar-refractivity contribution in [3.8, 4) is 0 Å². The molecule has 3 rings (SSSR count). The van der Waals surface area contributed by atoms with E-state index in [0.717, 1.165) is 5.69 Å². The number of amides is 2. The highest BCUT2D eigenvalue weighted by molar-refractivity contribution is 6.33. The van der Waals surface area contributed by atoms with Gasteiger partial charge in [0.2, 0.25) is 11.8 Å². The predicted molar refractivity (Wildman–Crippen MR) is 98.3 cm³/mol. The van der Waals surface area contributed by atoms with E-state index in [1.54, 1.807) is 11.0 Å². The average Bonchev–Trinajstić information content (AvgIpc) is 3.05. The third-order valence-corrected chi connectivity index (χ3v) is 4.53. The van der Waals surface area contributed by atoms with Crippen molar-refractivity contribution < 1.29 is 19.1 Å². The van der Waals surface area contributed by atoms with E-state index < -0.39 is 11.9 Å². The van der Waals surface area contributed by atoms with Crippen LogP contribution in [0.3, 0.4) is 0 Å². The van der Waals surface area contributed by atoms with Crippen molar-refractivity contribution in [1.29, 1.82) is 0 Å². The van der Waals surface area contributed by atoms with Crippen LogP contribution in [0.4, 0.5) is 11.4 Å². The quantitative estimate of drug-likeness (QED) is 0.837. The van der Waals surface area contributed by atoms with Gasteiger partial charge in [-0.05, 0) is 30.3 Å². The van der Waals surface area contributed by atoms with Crippen LogP contribution in [0.25, 0.3) is 0 Å². The number of nitrogens with one attached hydrogen (secondary N) is 1. The normalized spacial score (nSPS) is 16.5. The second-order valence-electron chi connectivity index (χ2n) is 5.92. The number of methoxy groups -OCH3 is 1. The second kappa shape index (κ2) is 7.58. The maximum atomic E-state index is 12.5. The minimum absolute atomic E-state index is 0.0947. The summed E-state index contributed by atoms with van der Waals surface area (Å²) in [5, 5.41) is 2.98. The van der Waals surface area contributed by atoms with E-state index in [0.29, 0.717) is 12.2 Å². The van der Waals surface area contributed by atoms with Crippen LogP contribution in [-0.2, 0) is 14.3 Å². The molecule has 1 unspecified atom stereocenters. The van der Waals surface area contributed by atoms with Crippen molar-refractivity contribution in [2.24, 2.45) is 5.92 Å². The van der Waals surface area contributed by atoms with E-state index in [9.17, 15) is 14.4 Å². The maximum absolute atomic E-state index is 12.5. The Bertz CT molecular complexity index is 854. The molecule has 0 radical (unpaired) electrons. The summed E-state index contributed by atoms with van der Waals surface area (Å²) in [5.41, 5.74) is 1.36. The second-order valence-corrected chi connectivity index (χ2v) is 6.32. The van der Waals surface area contributed by atoms with Crippen LogP contribution in [0.2, 0.25) is 5.02 Å². The van der Waals surface area contributed by atoms with E-state index >= 15 is 0 Å². The van der Waals surface area contributed by atoms with Crippen molar-refractivity contribution in [3.63, 3.8) is 0 Å². The predicted octanol–water partition coefficient (Wildman–Crippen LogP) is 3.12. The van der Waals surface area contributed by atoms with Crippen LogP contribution in [0, 0.1) is 5.92 Å². The molecule has 6 nitrogen and oxygen atoms in total. The first kappa shape index (κ1) is 17.9.